The van der Waals surface area contributed by atoms with Crippen LogP contribution in [-0.4, -0.2) is 30.2 Å². The Morgan fingerprint density at radius 2 is 1.00 bits per heavy atom. The summed E-state index contributed by atoms with van der Waals surface area (Å²) in [5.41, 5.74) is 4.50. The third-order valence-electron chi connectivity index (χ3n) is 8.42. The molecule has 0 bridgehead atoms. The van der Waals surface area contributed by atoms with Crippen LogP contribution in [0, 0.1) is 12.3 Å². The van der Waals surface area contributed by atoms with E-state index in [9.17, 15) is 9.59 Å². The van der Waals surface area contributed by atoms with Crippen molar-refractivity contribution < 1.29 is 19.4 Å². The average Bonchev–Trinajstić information content (AvgIpc) is 3.08. The highest BCUT2D eigenvalue weighted by atomic mass is 16.5. The molecule has 3 N–H and O–H groups in total. The second-order valence-corrected chi connectivity index (χ2v) is 13.0. The van der Waals surface area contributed by atoms with Gasteiger partial charge in [0.2, 0.25) is 0 Å². The first-order valence-corrected chi connectivity index (χ1v) is 20.1. The van der Waals surface area contributed by atoms with Gasteiger partial charge in [-0.3, -0.25) is 9.59 Å². The first-order valence-electron chi connectivity index (χ1n) is 20.1. The van der Waals surface area contributed by atoms with Crippen molar-refractivity contribution in [2.24, 2.45) is 5.73 Å². The molecule has 0 aromatic heterocycles. The molecule has 0 aliphatic carbocycles. The summed E-state index contributed by atoms with van der Waals surface area (Å²) < 4.78 is 5.42. The second kappa shape index (κ2) is 46.3. The summed E-state index contributed by atoms with van der Waals surface area (Å²) in [6.07, 6.45) is 46.8. The minimum absolute atomic E-state index is 0.0512. The van der Waals surface area contributed by atoms with E-state index in [2.05, 4.69) is 38.5 Å². The molecule has 1 atom stereocenters. The van der Waals surface area contributed by atoms with Gasteiger partial charge in [0.05, 0.1) is 12.8 Å². The van der Waals surface area contributed by atoms with Gasteiger partial charge in [0.15, 0.2) is 0 Å². The van der Waals surface area contributed by atoms with Crippen LogP contribution in [0.1, 0.15) is 220 Å². The normalized spacial score (nSPS) is 11.2. The zero-order valence-corrected chi connectivity index (χ0v) is 32.0. The van der Waals surface area contributed by atoms with Crippen LogP contribution in [0.4, 0.5) is 0 Å². The van der Waals surface area contributed by atoms with E-state index < -0.39 is 11.9 Å². The number of nitrogens with two attached hydrogens (primary N) is 1. The van der Waals surface area contributed by atoms with Gasteiger partial charge in [-0.1, -0.05) is 175 Å². The summed E-state index contributed by atoms with van der Waals surface area (Å²) in [5, 5.41) is 8.65. The van der Waals surface area contributed by atoms with Gasteiger partial charge in [-0.05, 0) is 45.2 Å². The molecule has 0 aromatic carbocycles. The Bertz CT molecular complexity index is 685. The molecule has 0 aliphatic heterocycles. The Balaban J connectivity index is -0.000000870. The number of esters is 1. The van der Waals surface area contributed by atoms with Crippen molar-refractivity contribution in [3.63, 3.8) is 0 Å². The molecule has 0 spiro atoms. The van der Waals surface area contributed by atoms with Crippen molar-refractivity contribution in [2.45, 2.75) is 226 Å². The first-order chi connectivity index (χ1) is 23.0. The fourth-order valence-electron chi connectivity index (χ4n) is 5.46. The maximum Gasteiger partial charge on any atom is 0.306 e. The second-order valence-electron chi connectivity index (χ2n) is 13.0. The van der Waals surface area contributed by atoms with Crippen LogP contribution in [0.15, 0.2) is 12.2 Å². The minimum atomic E-state index is -0.964. The molecule has 0 radical (unpaired) electrons. The summed E-state index contributed by atoms with van der Waals surface area (Å²) in [5.74, 6) is 1.33. The van der Waals surface area contributed by atoms with E-state index in [0.29, 0.717) is 0 Å². The number of terminal acetylenes is 1. The molecule has 0 aromatic rings. The molecule has 0 saturated heterocycles. The summed E-state index contributed by atoms with van der Waals surface area (Å²) in [4.78, 5) is 22.3. The van der Waals surface area contributed by atoms with E-state index in [1.54, 1.807) is 0 Å². The molecule has 278 valence electrons. The molecule has 5 nitrogen and oxygen atoms in total. The zero-order valence-electron chi connectivity index (χ0n) is 32.0. The number of rotatable bonds is 33. The van der Waals surface area contributed by atoms with E-state index in [1.807, 2.05) is 6.08 Å². The SMILES string of the molecule is C#CCCCCCCCCCCCCCCC.CCCCCCCCCCCCC/C=C/C(CCCC)OC(=O)CCC(=O)O.CN. The molecule has 47 heavy (non-hydrogen) atoms. The van der Waals surface area contributed by atoms with Crippen molar-refractivity contribution in [2.75, 3.05) is 7.05 Å². The number of hydrogen-bond donors (Lipinski definition) is 2. The highest BCUT2D eigenvalue weighted by Crippen LogP contribution is 2.14. The third kappa shape index (κ3) is 48.7. The molecule has 1 unspecified atom stereocenters. The molecule has 0 aliphatic rings. The van der Waals surface area contributed by atoms with Crippen LogP contribution in [0.5, 0.6) is 0 Å². The molecule has 0 heterocycles. The lowest BCUT2D eigenvalue weighted by atomic mass is 10.0. The van der Waals surface area contributed by atoms with Crippen LogP contribution in [0.2, 0.25) is 0 Å². The largest absolute Gasteiger partial charge is 0.481 e. The van der Waals surface area contributed by atoms with Gasteiger partial charge in [0.1, 0.15) is 6.10 Å². The lowest BCUT2D eigenvalue weighted by Gasteiger charge is -2.13. The standard InChI is InChI=1S/C24H44O4.C17H32.CH5N/c1-3-5-7-8-9-10-11-12-13-14-15-16-17-19-22(18-6-4-2)28-24(27)21-20-23(25)26;1-3-5-7-9-11-13-15-17-16-14-12-10-8-6-4-2;1-2/h17,19,22H,3-16,18,20-21H2,1-2H3,(H,25,26);1H,4-17H2,2H3;2H2,1H3/b19-17+;;. The Hall–Kier alpha value is -1.80. The Labute approximate surface area is 294 Å². The highest BCUT2D eigenvalue weighted by Gasteiger charge is 2.12. The fraction of sp³-hybridized carbons (Fsp3) is 0.857. The molecule has 5 heteroatoms. The lowest BCUT2D eigenvalue weighted by molar-refractivity contribution is -0.150. The smallest absolute Gasteiger partial charge is 0.306 e. The zero-order chi connectivity index (χ0) is 35.5. The molecular formula is C42H81NO4. The lowest BCUT2D eigenvalue weighted by Crippen LogP contribution is -2.17. The van der Waals surface area contributed by atoms with Crippen LogP contribution in [0.3, 0.4) is 0 Å². The van der Waals surface area contributed by atoms with Gasteiger partial charge in [-0.25, -0.2) is 0 Å². The van der Waals surface area contributed by atoms with Crippen LogP contribution >= 0.6 is 0 Å². The predicted octanol–water partition coefficient (Wildman–Crippen LogP) is 12.9. The van der Waals surface area contributed by atoms with Gasteiger partial charge >= 0.3 is 11.9 Å². The van der Waals surface area contributed by atoms with Gasteiger partial charge in [-0.2, -0.15) is 0 Å². The van der Waals surface area contributed by atoms with E-state index >= 15 is 0 Å². The Kier molecular flexibility index (Phi) is 48.9. The van der Waals surface area contributed by atoms with Crippen LogP contribution in [-0.2, 0) is 14.3 Å². The van der Waals surface area contributed by atoms with Crippen molar-refractivity contribution in [1.82, 2.24) is 0 Å². The fourth-order valence-corrected chi connectivity index (χ4v) is 5.46. The van der Waals surface area contributed by atoms with Gasteiger partial charge < -0.3 is 15.6 Å². The average molecular weight is 664 g/mol. The van der Waals surface area contributed by atoms with Crippen molar-refractivity contribution >= 4 is 11.9 Å². The number of aliphatic carboxylic acids is 1. The number of ether oxygens (including phenoxy) is 1. The van der Waals surface area contributed by atoms with E-state index in [1.165, 1.54) is 161 Å². The number of carboxylic acids is 1. The van der Waals surface area contributed by atoms with Gasteiger partial charge in [0.25, 0.3) is 0 Å². The number of allylic oxidation sites excluding steroid dienone is 1. The number of carbonyl (C=O) groups is 2. The van der Waals surface area contributed by atoms with Crippen LogP contribution < -0.4 is 5.73 Å². The summed E-state index contributed by atoms with van der Waals surface area (Å²) in [6, 6.07) is 0. The molecular weight excluding hydrogens is 582 g/mol. The molecule has 0 amide bonds. The minimum Gasteiger partial charge on any atom is -0.481 e. The molecule has 0 fully saturated rings. The number of carboxylic acid groups (broad SMARTS) is 1. The third-order valence-corrected chi connectivity index (χ3v) is 8.42. The molecule has 0 rings (SSSR count). The van der Waals surface area contributed by atoms with Gasteiger partial charge in [-0.15, -0.1) is 12.3 Å². The summed E-state index contributed by atoms with van der Waals surface area (Å²) in [6.45, 7) is 6.65. The number of unbranched alkanes of at least 4 members (excludes halogenated alkanes) is 25. The summed E-state index contributed by atoms with van der Waals surface area (Å²) >= 11 is 0. The first kappa shape index (κ1) is 49.6. The number of carbonyl (C=O) groups excluding carboxylic acids is 1. The highest BCUT2D eigenvalue weighted by molar-refractivity contribution is 5.76. The number of hydrogen-bond acceptors (Lipinski definition) is 4. The topological polar surface area (TPSA) is 89.6 Å². The maximum absolute atomic E-state index is 11.7. The van der Waals surface area contributed by atoms with Crippen molar-refractivity contribution in [3.05, 3.63) is 12.2 Å². The predicted molar refractivity (Wildman–Crippen MR) is 206 cm³/mol. The summed E-state index contributed by atoms with van der Waals surface area (Å²) in [7, 11) is 1.50. The Morgan fingerprint density at radius 3 is 1.38 bits per heavy atom. The van der Waals surface area contributed by atoms with E-state index in [-0.39, 0.29) is 18.9 Å². The monoisotopic (exact) mass is 664 g/mol. The maximum atomic E-state index is 11.7. The Morgan fingerprint density at radius 1 is 0.617 bits per heavy atom. The van der Waals surface area contributed by atoms with E-state index in [0.717, 1.165) is 32.1 Å². The molecule has 0 saturated carbocycles. The van der Waals surface area contributed by atoms with Crippen molar-refractivity contribution in [3.8, 4) is 12.3 Å². The van der Waals surface area contributed by atoms with Gasteiger partial charge in [0, 0.05) is 6.42 Å². The van der Waals surface area contributed by atoms with Crippen molar-refractivity contribution in [1.29, 1.82) is 0 Å². The quantitative estimate of drug-likeness (QED) is 0.0316. The van der Waals surface area contributed by atoms with Crippen LogP contribution in [0.25, 0.3) is 0 Å². The van der Waals surface area contributed by atoms with E-state index in [4.69, 9.17) is 16.3 Å².